The summed E-state index contributed by atoms with van der Waals surface area (Å²) in [6.07, 6.45) is -4.14. The standard InChI is InChI=1S/C25H28F3N3O3S/c1-3-33-23(32)15-18-5-4-17(2)21(14-18)34-13-12-30-8-10-31(11-9-30)24-29-20-7-6-19(25(26,27)28)16-22(20)35-24/h4-7,14,16H,3,8-13,15H2,1-2H3. The third kappa shape index (κ3) is 6.43. The van der Waals surface area contributed by atoms with Crippen LogP contribution in [0.1, 0.15) is 23.6 Å². The minimum Gasteiger partial charge on any atom is -0.492 e. The van der Waals surface area contributed by atoms with Gasteiger partial charge in [-0.25, -0.2) is 4.98 Å². The number of benzene rings is 2. The van der Waals surface area contributed by atoms with Crippen LogP contribution < -0.4 is 9.64 Å². The quantitative estimate of drug-likeness (QED) is 0.403. The highest BCUT2D eigenvalue weighted by atomic mass is 32.1. The number of esters is 1. The predicted molar refractivity (Wildman–Crippen MR) is 130 cm³/mol. The molecule has 0 saturated carbocycles. The van der Waals surface area contributed by atoms with E-state index in [0.717, 1.165) is 60.8 Å². The van der Waals surface area contributed by atoms with E-state index in [1.165, 1.54) is 23.5 Å². The number of halogens is 3. The van der Waals surface area contributed by atoms with Crippen molar-refractivity contribution in [2.75, 3.05) is 50.8 Å². The van der Waals surface area contributed by atoms with Crippen molar-refractivity contribution < 1.29 is 27.4 Å². The molecule has 0 unspecified atom stereocenters. The molecule has 0 amide bonds. The molecule has 1 aliphatic heterocycles. The first kappa shape index (κ1) is 25.2. The number of ether oxygens (including phenoxy) is 2. The fourth-order valence-corrected chi connectivity index (χ4v) is 5.02. The first-order valence-corrected chi connectivity index (χ1v) is 12.4. The van der Waals surface area contributed by atoms with E-state index in [4.69, 9.17) is 9.47 Å². The van der Waals surface area contributed by atoms with Crippen molar-refractivity contribution in [2.45, 2.75) is 26.4 Å². The predicted octanol–water partition coefficient (Wildman–Crippen LogP) is 4.93. The van der Waals surface area contributed by atoms with Gasteiger partial charge in [0.05, 0.1) is 28.8 Å². The second kappa shape index (κ2) is 10.8. The van der Waals surface area contributed by atoms with Crippen LogP contribution >= 0.6 is 11.3 Å². The zero-order valence-corrected chi connectivity index (χ0v) is 20.5. The van der Waals surface area contributed by atoms with Crippen LogP contribution in [0.5, 0.6) is 5.75 Å². The van der Waals surface area contributed by atoms with Crippen LogP contribution in [0.3, 0.4) is 0 Å². The molecular formula is C25H28F3N3O3S. The van der Waals surface area contributed by atoms with Crippen molar-refractivity contribution in [1.82, 2.24) is 9.88 Å². The number of aromatic nitrogens is 1. The van der Waals surface area contributed by atoms with E-state index in [1.807, 2.05) is 25.1 Å². The molecule has 2 aromatic carbocycles. The largest absolute Gasteiger partial charge is 0.492 e. The molecule has 0 N–H and O–H groups in total. The number of carbonyl (C=O) groups excluding carboxylic acids is 1. The summed E-state index contributed by atoms with van der Waals surface area (Å²) in [6, 6.07) is 9.44. The average Bonchev–Trinajstić information content (AvgIpc) is 3.25. The van der Waals surface area contributed by atoms with Gasteiger partial charge in [-0.2, -0.15) is 13.2 Å². The molecule has 0 aliphatic carbocycles. The molecule has 1 aromatic heterocycles. The molecule has 10 heteroatoms. The summed E-state index contributed by atoms with van der Waals surface area (Å²) in [7, 11) is 0. The maximum atomic E-state index is 13.0. The van der Waals surface area contributed by atoms with E-state index in [1.54, 1.807) is 6.92 Å². The Kier molecular flexibility index (Phi) is 7.81. The number of alkyl halides is 3. The SMILES string of the molecule is CCOC(=O)Cc1ccc(C)c(OCCN2CCN(c3nc4ccc(C(F)(F)F)cc4s3)CC2)c1. The normalized spacial score (nSPS) is 14.9. The lowest BCUT2D eigenvalue weighted by atomic mass is 10.1. The van der Waals surface area contributed by atoms with E-state index < -0.39 is 11.7 Å². The van der Waals surface area contributed by atoms with Crippen LogP contribution in [0.15, 0.2) is 36.4 Å². The van der Waals surface area contributed by atoms with Gasteiger partial charge in [-0.15, -0.1) is 0 Å². The molecule has 188 valence electrons. The lowest BCUT2D eigenvalue weighted by Gasteiger charge is -2.34. The Hall–Kier alpha value is -2.85. The molecule has 35 heavy (non-hydrogen) atoms. The summed E-state index contributed by atoms with van der Waals surface area (Å²) >= 11 is 1.30. The zero-order chi connectivity index (χ0) is 25.0. The highest BCUT2D eigenvalue weighted by Crippen LogP contribution is 2.35. The van der Waals surface area contributed by atoms with Crippen molar-refractivity contribution in [1.29, 1.82) is 0 Å². The van der Waals surface area contributed by atoms with Crippen molar-refractivity contribution in [3.8, 4) is 5.75 Å². The second-order valence-electron chi connectivity index (χ2n) is 8.44. The van der Waals surface area contributed by atoms with Gasteiger partial charge in [-0.3, -0.25) is 9.69 Å². The highest BCUT2D eigenvalue weighted by molar-refractivity contribution is 7.22. The molecule has 0 spiro atoms. The van der Waals surface area contributed by atoms with Crippen LogP contribution in [0.25, 0.3) is 10.2 Å². The first-order valence-electron chi connectivity index (χ1n) is 11.6. The van der Waals surface area contributed by atoms with Crippen LogP contribution in [0, 0.1) is 6.92 Å². The lowest BCUT2D eigenvalue weighted by Crippen LogP contribution is -2.47. The van der Waals surface area contributed by atoms with Crippen molar-refractivity contribution >= 4 is 32.7 Å². The third-order valence-electron chi connectivity index (χ3n) is 5.92. The number of carbonyl (C=O) groups is 1. The number of thiazole rings is 1. The number of rotatable bonds is 8. The van der Waals surface area contributed by atoms with Crippen LogP contribution in [-0.4, -0.2) is 61.8 Å². The van der Waals surface area contributed by atoms with Gasteiger partial charge in [0, 0.05) is 32.7 Å². The maximum absolute atomic E-state index is 13.0. The van der Waals surface area contributed by atoms with Gasteiger partial charge < -0.3 is 14.4 Å². The first-order chi connectivity index (χ1) is 16.7. The zero-order valence-electron chi connectivity index (χ0n) is 19.7. The van der Waals surface area contributed by atoms with E-state index in [0.29, 0.717) is 23.4 Å². The number of hydrogen-bond acceptors (Lipinski definition) is 7. The second-order valence-corrected chi connectivity index (χ2v) is 9.44. The van der Waals surface area contributed by atoms with Gasteiger partial charge in [0.15, 0.2) is 5.13 Å². The molecule has 0 bridgehead atoms. The van der Waals surface area contributed by atoms with Gasteiger partial charge in [-0.1, -0.05) is 23.5 Å². The van der Waals surface area contributed by atoms with E-state index in [9.17, 15) is 18.0 Å². The molecule has 1 fully saturated rings. The molecule has 3 aromatic rings. The van der Waals surface area contributed by atoms with Crippen molar-refractivity contribution in [3.63, 3.8) is 0 Å². The number of piperazine rings is 1. The molecule has 0 atom stereocenters. The van der Waals surface area contributed by atoms with Gasteiger partial charge in [-0.05, 0) is 49.2 Å². The molecule has 2 heterocycles. The van der Waals surface area contributed by atoms with Gasteiger partial charge >= 0.3 is 12.1 Å². The molecule has 1 aliphatic rings. The Morgan fingerprint density at radius 1 is 1.11 bits per heavy atom. The Balaban J connectivity index is 1.27. The molecule has 4 rings (SSSR count). The van der Waals surface area contributed by atoms with E-state index in [-0.39, 0.29) is 12.4 Å². The van der Waals surface area contributed by atoms with Crippen LogP contribution in [0.2, 0.25) is 0 Å². The Labute approximate surface area is 206 Å². The fraction of sp³-hybridized carbons (Fsp3) is 0.440. The van der Waals surface area contributed by atoms with E-state index >= 15 is 0 Å². The summed E-state index contributed by atoms with van der Waals surface area (Å²) < 4.78 is 50.5. The monoisotopic (exact) mass is 507 g/mol. The van der Waals surface area contributed by atoms with Gasteiger partial charge in [0.25, 0.3) is 0 Å². The number of nitrogens with zero attached hydrogens (tertiary/aromatic N) is 3. The lowest BCUT2D eigenvalue weighted by molar-refractivity contribution is -0.142. The van der Waals surface area contributed by atoms with Crippen LogP contribution in [0.4, 0.5) is 18.3 Å². The Morgan fingerprint density at radius 3 is 2.60 bits per heavy atom. The minimum atomic E-state index is -4.35. The summed E-state index contributed by atoms with van der Waals surface area (Å²) in [5.41, 5.74) is 1.81. The summed E-state index contributed by atoms with van der Waals surface area (Å²) in [5, 5.41) is 0.754. The summed E-state index contributed by atoms with van der Waals surface area (Å²) in [5.74, 6) is 0.507. The topological polar surface area (TPSA) is 54.9 Å². The van der Waals surface area contributed by atoms with Gasteiger partial charge in [0.2, 0.25) is 0 Å². The third-order valence-corrected chi connectivity index (χ3v) is 7.00. The Morgan fingerprint density at radius 2 is 1.89 bits per heavy atom. The van der Waals surface area contributed by atoms with Crippen molar-refractivity contribution in [3.05, 3.63) is 53.1 Å². The summed E-state index contributed by atoms with van der Waals surface area (Å²) in [4.78, 5) is 20.7. The maximum Gasteiger partial charge on any atom is 0.416 e. The van der Waals surface area contributed by atoms with Crippen molar-refractivity contribution in [2.24, 2.45) is 0 Å². The smallest absolute Gasteiger partial charge is 0.416 e. The minimum absolute atomic E-state index is 0.218. The number of fused-ring (bicyclic) bond motifs is 1. The highest BCUT2D eigenvalue weighted by Gasteiger charge is 2.31. The van der Waals surface area contributed by atoms with Crippen LogP contribution in [-0.2, 0) is 22.1 Å². The Bertz CT molecular complexity index is 1170. The molecular weight excluding hydrogens is 479 g/mol. The van der Waals surface area contributed by atoms with E-state index in [2.05, 4.69) is 14.8 Å². The number of hydrogen-bond donors (Lipinski definition) is 0. The molecule has 1 saturated heterocycles. The summed E-state index contributed by atoms with van der Waals surface area (Å²) in [6.45, 7) is 8.52. The molecule has 6 nitrogen and oxygen atoms in total. The average molecular weight is 508 g/mol. The molecule has 0 radical (unpaired) electrons. The number of aryl methyl sites for hydroxylation is 1. The fourth-order valence-electron chi connectivity index (χ4n) is 3.96. The number of anilines is 1. The van der Waals surface area contributed by atoms with Gasteiger partial charge in [0.1, 0.15) is 12.4 Å².